The van der Waals surface area contributed by atoms with Gasteiger partial charge in [0.2, 0.25) is 11.8 Å². The molecule has 2 saturated heterocycles. The van der Waals surface area contributed by atoms with Gasteiger partial charge in [-0.05, 0) is 58.6 Å². The molecular formula is C23H32FN3O5. The standard InChI is InChI=1S/C23H32FN3O5/c1-23(2,3)32-22(29)27-9-5-6-19(27)20(28)25-14-16-13-17(24)18(26-21(16)30-4)12-15-7-10-31-11-8-15/h12-13,19H,5-11,14H2,1-4H3,(H,25,28)/t19-/m0/s1. The predicted octanol–water partition coefficient (Wildman–Crippen LogP) is 3.44. The minimum atomic E-state index is -0.640. The van der Waals surface area contributed by atoms with E-state index in [1.165, 1.54) is 18.1 Å². The van der Waals surface area contributed by atoms with E-state index >= 15 is 0 Å². The van der Waals surface area contributed by atoms with Crippen LogP contribution in [-0.4, -0.2) is 60.4 Å². The number of nitrogens with one attached hydrogen (secondary N) is 1. The first-order chi connectivity index (χ1) is 15.2. The highest BCUT2D eigenvalue weighted by atomic mass is 19.1. The predicted molar refractivity (Wildman–Crippen MR) is 117 cm³/mol. The SMILES string of the molecule is COc1nc(C=C2CCOCC2)c(F)cc1CNC(=O)[C@@H]1CCCN1C(=O)OC(C)(C)C. The van der Waals surface area contributed by atoms with Crippen molar-refractivity contribution in [2.75, 3.05) is 26.9 Å². The molecule has 2 aliphatic heterocycles. The van der Waals surface area contributed by atoms with Gasteiger partial charge in [-0.3, -0.25) is 9.69 Å². The molecule has 0 radical (unpaired) electrons. The summed E-state index contributed by atoms with van der Waals surface area (Å²) in [4.78, 5) is 30.9. The van der Waals surface area contributed by atoms with Crippen molar-refractivity contribution in [2.24, 2.45) is 0 Å². The third-order valence-corrected chi connectivity index (χ3v) is 5.35. The van der Waals surface area contributed by atoms with Gasteiger partial charge < -0.3 is 19.5 Å². The summed E-state index contributed by atoms with van der Waals surface area (Å²) in [6, 6.07) is 0.712. The zero-order valence-corrected chi connectivity index (χ0v) is 19.2. The van der Waals surface area contributed by atoms with Crippen molar-refractivity contribution >= 4 is 18.1 Å². The maximum atomic E-state index is 14.7. The van der Waals surface area contributed by atoms with Crippen LogP contribution >= 0.6 is 0 Å². The van der Waals surface area contributed by atoms with E-state index in [1.54, 1.807) is 26.8 Å². The number of ether oxygens (including phenoxy) is 3. The van der Waals surface area contributed by atoms with Gasteiger partial charge in [0.05, 0.1) is 20.3 Å². The molecule has 2 aliphatic rings. The summed E-state index contributed by atoms with van der Waals surface area (Å²) in [6.45, 7) is 7.09. The summed E-state index contributed by atoms with van der Waals surface area (Å²) < 4.78 is 30.8. The minimum Gasteiger partial charge on any atom is -0.481 e. The Morgan fingerprint density at radius 3 is 2.72 bits per heavy atom. The van der Waals surface area contributed by atoms with Crippen LogP contribution in [0.25, 0.3) is 6.08 Å². The highest BCUT2D eigenvalue weighted by molar-refractivity contribution is 5.86. The number of halogens is 1. The van der Waals surface area contributed by atoms with Crippen molar-refractivity contribution in [1.82, 2.24) is 15.2 Å². The molecule has 0 aromatic carbocycles. The first-order valence-electron chi connectivity index (χ1n) is 11.0. The van der Waals surface area contributed by atoms with Crippen LogP contribution in [0.2, 0.25) is 0 Å². The van der Waals surface area contributed by atoms with Crippen molar-refractivity contribution in [3.05, 3.63) is 28.7 Å². The van der Waals surface area contributed by atoms with E-state index in [-0.39, 0.29) is 24.0 Å². The van der Waals surface area contributed by atoms with E-state index in [0.29, 0.717) is 38.2 Å². The minimum absolute atomic E-state index is 0.0370. The lowest BCUT2D eigenvalue weighted by molar-refractivity contribution is -0.125. The van der Waals surface area contributed by atoms with Crippen LogP contribution in [0.4, 0.5) is 9.18 Å². The summed E-state index contributed by atoms with van der Waals surface area (Å²) >= 11 is 0. The van der Waals surface area contributed by atoms with Gasteiger partial charge in [0.1, 0.15) is 23.2 Å². The molecule has 0 spiro atoms. The molecule has 0 unspecified atom stereocenters. The van der Waals surface area contributed by atoms with Gasteiger partial charge in [-0.2, -0.15) is 0 Å². The molecule has 3 rings (SSSR count). The fraction of sp³-hybridized carbons (Fsp3) is 0.609. The van der Waals surface area contributed by atoms with E-state index in [2.05, 4.69) is 10.3 Å². The van der Waals surface area contributed by atoms with Gasteiger partial charge in [-0.15, -0.1) is 0 Å². The van der Waals surface area contributed by atoms with Crippen LogP contribution in [0.5, 0.6) is 5.88 Å². The number of likely N-dealkylation sites (tertiary alicyclic amines) is 1. The summed E-state index contributed by atoms with van der Waals surface area (Å²) in [5, 5.41) is 2.78. The molecule has 2 amide bonds. The molecular weight excluding hydrogens is 417 g/mol. The Labute approximate surface area is 188 Å². The van der Waals surface area contributed by atoms with Gasteiger partial charge >= 0.3 is 6.09 Å². The number of aromatic nitrogens is 1. The molecule has 3 heterocycles. The molecule has 0 saturated carbocycles. The number of hydrogen-bond acceptors (Lipinski definition) is 6. The van der Waals surface area contributed by atoms with Gasteiger partial charge in [-0.25, -0.2) is 14.2 Å². The lowest BCUT2D eigenvalue weighted by atomic mass is 10.1. The van der Waals surface area contributed by atoms with E-state index in [1.807, 2.05) is 0 Å². The van der Waals surface area contributed by atoms with Gasteiger partial charge in [0.15, 0.2) is 0 Å². The molecule has 1 aromatic rings. The molecule has 32 heavy (non-hydrogen) atoms. The smallest absolute Gasteiger partial charge is 0.410 e. The van der Waals surface area contributed by atoms with Crippen molar-refractivity contribution in [3.8, 4) is 5.88 Å². The molecule has 0 bridgehead atoms. The quantitative estimate of drug-likeness (QED) is 0.741. The van der Waals surface area contributed by atoms with E-state index < -0.39 is 23.6 Å². The average molecular weight is 450 g/mol. The van der Waals surface area contributed by atoms with Crippen molar-refractivity contribution < 1.29 is 28.2 Å². The third-order valence-electron chi connectivity index (χ3n) is 5.35. The van der Waals surface area contributed by atoms with Gasteiger partial charge in [0.25, 0.3) is 0 Å². The molecule has 2 fully saturated rings. The van der Waals surface area contributed by atoms with Crippen LogP contribution in [0.1, 0.15) is 57.7 Å². The highest BCUT2D eigenvalue weighted by Crippen LogP contribution is 2.24. The second kappa shape index (κ2) is 10.3. The highest BCUT2D eigenvalue weighted by Gasteiger charge is 2.36. The lowest BCUT2D eigenvalue weighted by Gasteiger charge is -2.28. The van der Waals surface area contributed by atoms with Crippen LogP contribution in [-0.2, 0) is 20.8 Å². The Hall–Kier alpha value is -2.68. The summed E-state index contributed by atoms with van der Waals surface area (Å²) in [5.74, 6) is -0.546. The zero-order valence-electron chi connectivity index (χ0n) is 19.2. The first-order valence-corrected chi connectivity index (χ1v) is 11.0. The number of pyridine rings is 1. The lowest BCUT2D eigenvalue weighted by Crippen LogP contribution is -2.47. The summed E-state index contributed by atoms with van der Waals surface area (Å²) in [7, 11) is 1.46. The Bertz CT molecular complexity index is 873. The number of amides is 2. The first kappa shape index (κ1) is 24.0. The monoisotopic (exact) mass is 449 g/mol. The molecule has 1 N–H and O–H groups in total. The van der Waals surface area contributed by atoms with E-state index in [4.69, 9.17) is 14.2 Å². The number of rotatable bonds is 5. The molecule has 0 aliphatic carbocycles. The number of carbonyl (C=O) groups excluding carboxylic acids is 2. The van der Waals surface area contributed by atoms with Crippen LogP contribution in [0, 0.1) is 5.82 Å². The third kappa shape index (κ3) is 6.18. The largest absolute Gasteiger partial charge is 0.481 e. The Kier molecular flexibility index (Phi) is 7.71. The Morgan fingerprint density at radius 2 is 2.06 bits per heavy atom. The van der Waals surface area contributed by atoms with Crippen molar-refractivity contribution in [2.45, 2.75) is 64.6 Å². The fourth-order valence-corrected chi connectivity index (χ4v) is 3.78. The van der Waals surface area contributed by atoms with Gasteiger partial charge in [0, 0.05) is 18.7 Å². The molecule has 1 aromatic heterocycles. The number of carbonyl (C=O) groups is 2. The number of nitrogens with zero attached hydrogens (tertiary/aromatic N) is 2. The summed E-state index contributed by atoms with van der Waals surface area (Å²) in [5.41, 5.74) is 1.07. The van der Waals surface area contributed by atoms with Crippen molar-refractivity contribution in [1.29, 1.82) is 0 Å². The van der Waals surface area contributed by atoms with Crippen molar-refractivity contribution in [3.63, 3.8) is 0 Å². The van der Waals surface area contributed by atoms with Crippen LogP contribution in [0.15, 0.2) is 11.6 Å². The normalized spacial score (nSPS) is 19.0. The van der Waals surface area contributed by atoms with E-state index in [9.17, 15) is 14.0 Å². The number of methoxy groups -OCH3 is 1. The zero-order chi connectivity index (χ0) is 23.3. The topological polar surface area (TPSA) is 90.0 Å². The van der Waals surface area contributed by atoms with E-state index in [0.717, 1.165) is 18.4 Å². The molecule has 8 nitrogen and oxygen atoms in total. The number of hydrogen-bond donors (Lipinski definition) is 1. The average Bonchev–Trinajstić information content (AvgIpc) is 3.23. The second-order valence-corrected chi connectivity index (χ2v) is 8.99. The Balaban J connectivity index is 1.67. The summed E-state index contributed by atoms with van der Waals surface area (Å²) in [6.07, 6.45) is 3.98. The Morgan fingerprint density at radius 1 is 1.34 bits per heavy atom. The maximum Gasteiger partial charge on any atom is 0.410 e. The second-order valence-electron chi connectivity index (χ2n) is 8.99. The van der Waals surface area contributed by atoms with Crippen LogP contribution < -0.4 is 10.1 Å². The van der Waals surface area contributed by atoms with Crippen LogP contribution in [0.3, 0.4) is 0 Å². The molecule has 1 atom stereocenters. The molecule has 9 heteroatoms. The fourth-order valence-electron chi connectivity index (χ4n) is 3.78. The molecule has 176 valence electrons. The van der Waals surface area contributed by atoms with Gasteiger partial charge in [-0.1, -0.05) is 5.57 Å². The maximum absolute atomic E-state index is 14.7.